The van der Waals surface area contributed by atoms with Gasteiger partial charge < -0.3 is 21.1 Å². The second-order valence-electron chi connectivity index (χ2n) is 9.38. The summed E-state index contributed by atoms with van der Waals surface area (Å²) in [5.41, 5.74) is 8.86. The van der Waals surface area contributed by atoms with Gasteiger partial charge in [0.05, 0.1) is 0 Å². The third-order valence-corrected chi connectivity index (χ3v) is 6.81. The topological polar surface area (TPSA) is 103 Å². The average Bonchev–Trinajstić information content (AvgIpc) is 3.71. The van der Waals surface area contributed by atoms with E-state index in [1.54, 1.807) is 6.20 Å². The molecule has 2 aromatic carbocycles. The molecule has 0 saturated heterocycles. The Morgan fingerprint density at radius 1 is 1.03 bits per heavy atom. The summed E-state index contributed by atoms with van der Waals surface area (Å²) >= 11 is 0. The maximum atomic E-state index is 13.2. The van der Waals surface area contributed by atoms with Crippen LogP contribution in [-0.2, 0) is 11.3 Å². The number of aliphatic carboxylic acids is 1. The molecule has 0 atom stereocenters. The number of carboxylic acid groups (broad SMARTS) is 1. The molecule has 0 unspecified atom stereocenters. The van der Waals surface area contributed by atoms with Crippen molar-refractivity contribution in [1.82, 2.24) is 10.3 Å². The number of rotatable bonds is 11. The lowest BCUT2D eigenvalue weighted by molar-refractivity contribution is -0.137. The minimum absolute atomic E-state index is 0.154. The van der Waals surface area contributed by atoms with Gasteiger partial charge in [-0.25, -0.2) is 0 Å². The highest BCUT2D eigenvalue weighted by molar-refractivity contribution is 6.04. The lowest BCUT2D eigenvalue weighted by Gasteiger charge is -2.16. The Bertz CT molecular complexity index is 1270. The fourth-order valence-electron chi connectivity index (χ4n) is 4.58. The zero-order chi connectivity index (χ0) is 25.7. The molecule has 0 radical (unpaired) electrons. The van der Waals surface area contributed by atoms with E-state index in [0.717, 1.165) is 57.6 Å². The van der Waals surface area contributed by atoms with Crippen LogP contribution in [0.1, 0.15) is 64.3 Å². The molecule has 0 spiro atoms. The van der Waals surface area contributed by atoms with Gasteiger partial charge in [0.1, 0.15) is 5.69 Å². The normalized spacial score (nSPS) is 12.9. The first-order chi connectivity index (χ1) is 17.4. The molecule has 1 heterocycles. The van der Waals surface area contributed by atoms with Crippen LogP contribution in [-0.4, -0.2) is 35.6 Å². The number of carboxylic acids is 1. The Hall–Kier alpha value is -3.71. The van der Waals surface area contributed by atoms with Gasteiger partial charge in [0.15, 0.2) is 0 Å². The predicted molar refractivity (Wildman–Crippen MR) is 144 cm³/mol. The van der Waals surface area contributed by atoms with Gasteiger partial charge in [-0.05, 0) is 97.2 Å². The number of benzene rings is 2. The van der Waals surface area contributed by atoms with Crippen LogP contribution in [0.4, 0.5) is 11.4 Å². The van der Waals surface area contributed by atoms with Crippen LogP contribution in [0.2, 0.25) is 0 Å². The van der Waals surface area contributed by atoms with E-state index >= 15 is 0 Å². The molecule has 7 nitrogen and oxygen atoms in total. The fourth-order valence-corrected chi connectivity index (χ4v) is 4.58. The zero-order valence-electron chi connectivity index (χ0n) is 21.1. The van der Waals surface area contributed by atoms with Crippen molar-refractivity contribution in [3.05, 3.63) is 76.6 Å². The highest BCUT2D eigenvalue weighted by Gasteiger charge is 2.27. The highest BCUT2D eigenvalue weighted by atomic mass is 16.4. The third kappa shape index (κ3) is 5.91. The van der Waals surface area contributed by atoms with Crippen LogP contribution in [0.15, 0.2) is 48.7 Å². The molecular weight excluding hydrogens is 452 g/mol. The Kier molecular flexibility index (Phi) is 8.00. The Labute approximate surface area is 212 Å². The SMILES string of the molecule is CNc1cccc(-c2cccc(NC(=O)c3cc(C4CC4)c(CNCCCC(=O)O)cn3)c2C)c1C. The summed E-state index contributed by atoms with van der Waals surface area (Å²) in [6, 6.07) is 14.1. The van der Waals surface area contributed by atoms with Crippen LogP contribution < -0.4 is 16.0 Å². The quantitative estimate of drug-likeness (QED) is 0.267. The van der Waals surface area contributed by atoms with Gasteiger partial charge in [-0.15, -0.1) is 0 Å². The summed E-state index contributed by atoms with van der Waals surface area (Å²) in [7, 11) is 1.92. The summed E-state index contributed by atoms with van der Waals surface area (Å²) in [6.07, 6.45) is 4.75. The summed E-state index contributed by atoms with van der Waals surface area (Å²) in [6.45, 7) is 5.37. The van der Waals surface area contributed by atoms with Crippen molar-refractivity contribution in [1.29, 1.82) is 0 Å². The van der Waals surface area contributed by atoms with Crippen molar-refractivity contribution in [2.75, 3.05) is 24.2 Å². The molecule has 7 heteroatoms. The molecule has 1 aliphatic rings. The van der Waals surface area contributed by atoms with Gasteiger partial charge in [0.25, 0.3) is 5.91 Å². The van der Waals surface area contributed by atoms with Crippen molar-refractivity contribution in [3.63, 3.8) is 0 Å². The van der Waals surface area contributed by atoms with Gasteiger partial charge in [-0.2, -0.15) is 0 Å². The van der Waals surface area contributed by atoms with E-state index in [0.29, 0.717) is 31.1 Å². The van der Waals surface area contributed by atoms with Gasteiger partial charge in [-0.1, -0.05) is 24.3 Å². The molecule has 1 amide bonds. The van der Waals surface area contributed by atoms with Gasteiger partial charge in [-0.3, -0.25) is 14.6 Å². The third-order valence-electron chi connectivity index (χ3n) is 6.81. The van der Waals surface area contributed by atoms with E-state index in [-0.39, 0.29) is 12.3 Å². The number of hydrogen-bond acceptors (Lipinski definition) is 5. The molecule has 0 aliphatic heterocycles. The predicted octanol–water partition coefficient (Wildman–Crippen LogP) is 5.49. The molecule has 1 aliphatic carbocycles. The number of carbonyl (C=O) groups excluding carboxylic acids is 1. The van der Waals surface area contributed by atoms with Crippen molar-refractivity contribution < 1.29 is 14.7 Å². The first-order valence-corrected chi connectivity index (χ1v) is 12.5. The summed E-state index contributed by atoms with van der Waals surface area (Å²) in [4.78, 5) is 28.4. The Morgan fingerprint density at radius 3 is 2.33 bits per heavy atom. The molecule has 1 fully saturated rings. The van der Waals surface area contributed by atoms with E-state index in [1.165, 1.54) is 0 Å². The number of hydrogen-bond donors (Lipinski definition) is 4. The summed E-state index contributed by atoms with van der Waals surface area (Å²) < 4.78 is 0. The monoisotopic (exact) mass is 486 g/mol. The number of carbonyl (C=O) groups is 2. The minimum Gasteiger partial charge on any atom is -0.481 e. The Balaban J connectivity index is 1.50. The first-order valence-electron chi connectivity index (χ1n) is 12.5. The smallest absolute Gasteiger partial charge is 0.303 e. The molecule has 4 N–H and O–H groups in total. The number of aromatic nitrogens is 1. The largest absolute Gasteiger partial charge is 0.481 e. The first kappa shape index (κ1) is 25.4. The van der Waals surface area contributed by atoms with Crippen molar-refractivity contribution >= 4 is 23.3 Å². The number of nitrogens with one attached hydrogen (secondary N) is 3. The second kappa shape index (κ2) is 11.4. The lowest BCUT2D eigenvalue weighted by atomic mass is 9.94. The highest BCUT2D eigenvalue weighted by Crippen LogP contribution is 2.42. The molecule has 3 aromatic rings. The van der Waals surface area contributed by atoms with Crippen LogP contribution in [0.25, 0.3) is 11.1 Å². The summed E-state index contributed by atoms with van der Waals surface area (Å²) in [5, 5.41) is 18.4. The van der Waals surface area contributed by atoms with Crippen molar-refractivity contribution in [2.24, 2.45) is 0 Å². The van der Waals surface area contributed by atoms with Gasteiger partial charge >= 0.3 is 5.97 Å². The maximum absolute atomic E-state index is 13.2. The van der Waals surface area contributed by atoms with Gasteiger partial charge in [0, 0.05) is 37.6 Å². The molecular formula is C29H34N4O3. The number of nitrogens with zero attached hydrogens (tertiary/aromatic N) is 1. The fraction of sp³-hybridized carbons (Fsp3) is 0.345. The van der Waals surface area contributed by atoms with E-state index in [2.05, 4.69) is 46.1 Å². The minimum atomic E-state index is -0.783. The van der Waals surface area contributed by atoms with Gasteiger partial charge in [0.2, 0.25) is 0 Å². The van der Waals surface area contributed by atoms with Crippen LogP contribution >= 0.6 is 0 Å². The van der Waals surface area contributed by atoms with E-state index < -0.39 is 5.97 Å². The molecule has 1 saturated carbocycles. The standard InChI is InChI=1S/C29H34N4O3/c1-18-22(7-4-9-25(18)30-3)23-8-5-10-26(19(23)2)33-29(36)27-15-24(20-12-13-20)21(17-32-27)16-31-14-6-11-28(34)35/h4-5,7-10,15,17,20,30-31H,6,11-14,16H2,1-3H3,(H,33,36)(H,34,35). The molecule has 0 bridgehead atoms. The van der Waals surface area contributed by atoms with Crippen LogP contribution in [0.5, 0.6) is 0 Å². The maximum Gasteiger partial charge on any atom is 0.303 e. The zero-order valence-corrected chi connectivity index (χ0v) is 21.1. The van der Waals surface area contributed by atoms with Crippen LogP contribution in [0, 0.1) is 13.8 Å². The lowest BCUT2D eigenvalue weighted by Crippen LogP contribution is -2.19. The van der Waals surface area contributed by atoms with Crippen molar-refractivity contribution in [2.45, 2.75) is 52.0 Å². The van der Waals surface area contributed by atoms with Crippen molar-refractivity contribution in [3.8, 4) is 11.1 Å². The number of pyridine rings is 1. The Morgan fingerprint density at radius 2 is 1.69 bits per heavy atom. The van der Waals surface area contributed by atoms with E-state index in [4.69, 9.17) is 5.11 Å². The summed E-state index contributed by atoms with van der Waals surface area (Å²) in [5.74, 6) is -0.545. The van der Waals surface area contributed by atoms with E-state index in [9.17, 15) is 9.59 Å². The molecule has 1 aromatic heterocycles. The number of anilines is 2. The average molecular weight is 487 g/mol. The molecule has 4 rings (SSSR count). The van der Waals surface area contributed by atoms with E-state index in [1.807, 2.05) is 38.2 Å². The molecule has 36 heavy (non-hydrogen) atoms. The number of amides is 1. The molecule has 188 valence electrons. The van der Waals surface area contributed by atoms with Crippen LogP contribution in [0.3, 0.4) is 0 Å². The second-order valence-corrected chi connectivity index (χ2v) is 9.38.